The van der Waals surface area contributed by atoms with Gasteiger partial charge in [0.1, 0.15) is 0 Å². The Morgan fingerprint density at radius 1 is 1.00 bits per heavy atom. The number of halogens is 3. The Hall–Kier alpha value is -3.94. The third-order valence-corrected chi connectivity index (χ3v) is 6.53. The molecule has 4 aromatic rings. The average Bonchev–Trinajstić information content (AvgIpc) is 3.34. The number of methoxy groups -OCH3 is 2. The first kappa shape index (κ1) is 26.1. The highest BCUT2D eigenvalue weighted by atomic mass is 19.4. The summed E-state index contributed by atoms with van der Waals surface area (Å²) in [7, 11) is 3.11. The van der Waals surface area contributed by atoms with Crippen LogP contribution in [0.4, 0.5) is 13.2 Å². The standard InChI is InChI=1S/C29H29F3N2O3/c1-4-19-8-6-10-22-24(17-34-28(19)22)23(20-11-12-25(36-2)26(14-20)37-3)15-27(35)33-16-18-7-5-9-21(13-18)29(30,31)32/h5-14,17,23,34H,4,15-16H2,1-3H3,(H,33,35). The van der Waals surface area contributed by atoms with Gasteiger partial charge >= 0.3 is 6.18 Å². The predicted octanol–water partition coefficient (Wildman–Crippen LogP) is 6.60. The smallest absolute Gasteiger partial charge is 0.416 e. The number of alkyl halides is 3. The number of rotatable bonds is 9. The second kappa shape index (κ2) is 11.0. The lowest BCUT2D eigenvalue weighted by atomic mass is 9.87. The Balaban J connectivity index is 1.65. The van der Waals surface area contributed by atoms with E-state index in [0.29, 0.717) is 17.1 Å². The maximum Gasteiger partial charge on any atom is 0.416 e. The highest BCUT2D eigenvalue weighted by Gasteiger charge is 2.30. The lowest BCUT2D eigenvalue weighted by Gasteiger charge is -2.19. The molecule has 5 nitrogen and oxygen atoms in total. The van der Waals surface area contributed by atoms with Gasteiger partial charge in [0, 0.05) is 36.0 Å². The number of ether oxygens (including phenoxy) is 2. The van der Waals surface area contributed by atoms with Crippen LogP contribution in [-0.4, -0.2) is 25.1 Å². The second-order valence-corrected chi connectivity index (χ2v) is 8.78. The van der Waals surface area contributed by atoms with Crippen LogP contribution >= 0.6 is 0 Å². The molecule has 0 saturated carbocycles. The molecule has 0 fully saturated rings. The van der Waals surface area contributed by atoms with Crippen LogP contribution in [0, 0.1) is 0 Å². The van der Waals surface area contributed by atoms with Crippen molar-refractivity contribution in [1.29, 1.82) is 0 Å². The number of carbonyl (C=O) groups excluding carboxylic acids is 1. The Morgan fingerprint density at radius 3 is 2.46 bits per heavy atom. The largest absolute Gasteiger partial charge is 0.493 e. The van der Waals surface area contributed by atoms with Crippen molar-refractivity contribution in [2.45, 2.75) is 38.4 Å². The van der Waals surface area contributed by atoms with E-state index in [9.17, 15) is 18.0 Å². The monoisotopic (exact) mass is 510 g/mol. The van der Waals surface area contributed by atoms with Crippen LogP contribution < -0.4 is 14.8 Å². The molecule has 1 atom stereocenters. The molecule has 2 N–H and O–H groups in total. The number of aromatic nitrogens is 1. The van der Waals surface area contributed by atoms with E-state index in [4.69, 9.17) is 9.47 Å². The molecule has 1 aromatic heterocycles. The number of fused-ring (bicyclic) bond motifs is 1. The maximum atomic E-state index is 13.1. The van der Waals surface area contributed by atoms with Crippen LogP contribution in [0.3, 0.4) is 0 Å². The molecule has 0 bridgehead atoms. The van der Waals surface area contributed by atoms with Gasteiger partial charge in [0.25, 0.3) is 0 Å². The van der Waals surface area contributed by atoms with Crippen LogP contribution in [0.5, 0.6) is 11.5 Å². The minimum atomic E-state index is -4.44. The van der Waals surface area contributed by atoms with Gasteiger partial charge in [0.2, 0.25) is 5.91 Å². The van der Waals surface area contributed by atoms with Gasteiger partial charge in [0.05, 0.1) is 19.8 Å². The van der Waals surface area contributed by atoms with Crippen molar-refractivity contribution < 1.29 is 27.4 Å². The summed E-state index contributed by atoms with van der Waals surface area (Å²) in [6, 6.07) is 16.6. The lowest BCUT2D eigenvalue weighted by Crippen LogP contribution is -2.25. The third kappa shape index (κ3) is 5.74. The molecule has 1 amide bonds. The topological polar surface area (TPSA) is 63.4 Å². The predicted molar refractivity (Wildman–Crippen MR) is 137 cm³/mol. The first-order valence-electron chi connectivity index (χ1n) is 12.0. The quantitative estimate of drug-likeness (QED) is 0.267. The molecular formula is C29H29F3N2O3. The van der Waals surface area contributed by atoms with Crippen LogP contribution in [0.25, 0.3) is 10.9 Å². The van der Waals surface area contributed by atoms with E-state index in [1.54, 1.807) is 26.4 Å². The summed E-state index contributed by atoms with van der Waals surface area (Å²) in [6.07, 6.45) is -1.57. The van der Waals surface area contributed by atoms with Crippen molar-refractivity contribution in [3.63, 3.8) is 0 Å². The van der Waals surface area contributed by atoms with E-state index in [1.165, 1.54) is 11.6 Å². The molecule has 0 radical (unpaired) electrons. The summed E-state index contributed by atoms with van der Waals surface area (Å²) in [5, 5.41) is 3.81. The lowest BCUT2D eigenvalue weighted by molar-refractivity contribution is -0.137. The van der Waals surface area contributed by atoms with Crippen LogP contribution in [-0.2, 0) is 23.9 Å². The minimum absolute atomic E-state index is 0.00469. The number of H-pyrrole nitrogens is 1. The van der Waals surface area contributed by atoms with Crippen molar-refractivity contribution in [2.75, 3.05) is 14.2 Å². The number of aromatic amines is 1. The second-order valence-electron chi connectivity index (χ2n) is 8.78. The average molecular weight is 511 g/mol. The zero-order valence-corrected chi connectivity index (χ0v) is 20.9. The van der Waals surface area contributed by atoms with E-state index in [0.717, 1.165) is 40.6 Å². The van der Waals surface area contributed by atoms with Crippen molar-refractivity contribution in [3.8, 4) is 11.5 Å². The molecule has 1 unspecified atom stereocenters. The summed E-state index contributed by atoms with van der Waals surface area (Å²) in [5.74, 6) is 0.509. The van der Waals surface area contributed by atoms with Gasteiger partial charge in [-0.25, -0.2) is 0 Å². The summed E-state index contributed by atoms with van der Waals surface area (Å²) in [5.41, 5.74) is 3.64. The Kier molecular flexibility index (Phi) is 7.76. The highest BCUT2D eigenvalue weighted by molar-refractivity contribution is 5.88. The van der Waals surface area contributed by atoms with Crippen molar-refractivity contribution in [2.24, 2.45) is 0 Å². The number of para-hydroxylation sites is 1. The van der Waals surface area contributed by atoms with Gasteiger partial charge in [-0.15, -0.1) is 0 Å². The molecule has 37 heavy (non-hydrogen) atoms. The third-order valence-electron chi connectivity index (χ3n) is 6.53. The van der Waals surface area contributed by atoms with Gasteiger partial charge in [-0.05, 0) is 52.9 Å². The first-order valence-corrected chi connectivity index (χ1v) is 12.0. The Labute approximate surface area is 213 Å². The van der Waals surface area contributed by atoms with E-state index in [1.807, 2.05) is 30.5 Å². The van der Waals surface area contributed by atoms with E-state index in [2.05, 4.69) is 23.3 Å². The summed E-state index contributed by atoms with van der Waals surface area (Å²) in [4.78, 5) is 16.5. The summed E-state index contributed by atoms with van der Waals surface area (Å²) in [6.45, 7) is 2.08. The number of nitrogens with one attached hydrogen (secondary N) is 2. The first-order chi connectivity index (χ1) is 17.7. The SMILES string of the molecule is CCc1cccc2c(C(CC(=O)NCc3cccc(C(F)(F)F)c3)c3ccc(OC)c(OC)c3)c[nH]c12. The zero-order valence-electron chi connectivity index (χ0n) is 20.9. The Morgan fingerprint density at radius 2 is 1.76 bits per heavy atom. The number of aryl methyl sites for hydroxylation is 1. The van der Waals surface area contributed by atoms with Crippen molar-refractivity contribution in [3.05, 3.63) is 94.7 Å². The van der Waals surface area contributed by atoms with E-state index < -0.39 is 11.7 Å². The fraction of sp³-hybridized carbons (Fsp3) is 0.276. The van der Waals surface area contributed by atoms with E-state index >= 15 is 0 Å². The molecule has 0 aliphatic rings. The normalized spacial score (nSPS) is 12.4. The molecule has 0 aliphatic heterocycles. The molecule has 8 heteroatoms. The number of hydrogen-bond acceptors (Lipinski definition) is 3. The summed E-state index contributed by atoms with van der Waals surface area (Å²) >= 11 is 0. The molecule has 4 rings (SSSR count). The molecule has 194 valence electrons. The maximum absolute atomic E-state index is 13.1. The van der Waals surface area contributed by atoms with Crippen LogP contribution in [0.15, 0.2) is 66.9 Å². The number of hydrogen-bond donors (Lipinski definition) is 2. The molecule has 3 aromatic carbocycles. The fourth-order valence-electron chi connectivity index (χ4n) is 4.61. The van der Waals surface area contributed by atoms with Gasteiger partial charge in [-0.2, -0.15) is 13.2 Å². The van der Waals surface area contributed by atoms with Gasteiger partial charge in [-0.1, -0.05) is 43.3 Å². The van der Waals surface area contributed by atoms with Crippen LogP contribution in [0.2, 0.25) is 0 Å². The van der Waals surface area contributed by atoms with Crippen molar-refractivity contribution >= 4 is 16.8 Å². The van der Waals surface area contributed by atoms with Gasteiger partial charge in [-0.3, -0.25) is 4.79 Å². The van der Waals surface area contributed by atoms with Gasteiger partial charge < -0.3 is 19.8 Å². The highest BCUT2D eigenvalue weighted by Crippen LogP contribution is 2.38. The zero-order chi connectivity index (χ0) is 26.6. The number of amides is 1. The molecule has 0 saturated heterocycles. The number of benzene rings is 3. The minimum Gasteiger partial charge on any atom is -0.493 e. The fourth-order valence-corrected chi connectivity index (χ4v) is 4.61. The molecule has 0 spiro atoms. The van der Waals surface area contributed by atoms with Crippen LogP contribution in [0.1, 0.15) is 47.1 Å². The summed E-state index contributed by atoms with van der Waals surface area (Å²) < 4.78 is 50.1. The van der Waals surface area contributed by atoms with E-state index in [-0.39, 0.29) is 24.8 Å². The molecule has 1 heterocycles. The molecular weight excluding hydrogens is 481 g/mol. The van der Waals surface area contributed by atoms with Crippen molar-refractivity contribution in [1.82, 2.24) is 10.3 Å². The Bertz CT molecular complexity index is 1390. The molecule has 0 aliphatic carbocycles. The van der Waals surface area contributed by atoms with Gasteiger partial charge in [0.15, 0.2) is 11.5 Å². The number of carbonyl (C=O) groups is 1.